The van der Waals surface area contributed by atoms with Gasteiger partial charge in [0.25, 0.3) is 0 Å². The van der Waals surface area contributed by atoms with E-state index in [1.807, 2.05) is 12.1 Å². The molecule has 1 aromatic rings. The lowest BCUT2D eigenvalue weighted by atomic mass is 9.84. The Hall–Kier alpha value is -0.760. The zero-order valence-electron chi connectivity index (χ0n) is 9.75. The summed E-state index contributed by atoms with van der Waals surface area (Å²) in [7, 11) is 0. The van der Waals surface area contributed by atoms with Crippen LogP contribution < -0.4 is 5.32 Å². The summed E-state index contributed by atoms with van der Waals surface area (Å²) in [5.41, 5.74) is 0. The fraction of sp³-hybridized carbons (Fsp3) is 0.615. The molecule has 1 aromatic heterocycles. The standard InChI is InChI=1S/C13H19ClN2/c1-2-10-6-8-11(9-7-10)15-13-5-3-4-12(14)16-13/h3-5,10-11H,2,6-9H2,1H3,(H,15,16). The van der Waals surface area contributed by atoms with E-state index in [4.69, 9.17) is 11.6 Å². The van der Waals surface area contributed by atoms with Gasteiger partial charge in [-0.1, -0.05) is 31.0 Å². The molecule has 0 unspecified atom stereocenters. The van der Waals surface area contributed by atoms with Crippen molar-refractivity contribution < 1.29 is 0 Å². The predicted octanol–water partition coefficient (Wildman–Crippen LogP) is 4.12. The van der Waals surface area contributed by atoms with Crippen molar-refractivity contribution in [2.24, 2.45) is 5.92 Å². The van der Waals surface area contributed by atoms with E-state index in [1.54, 1.807) is 6.07 Å². The largest absolute Gasteiger partial charge is 0.367 e. The van der Waals surface area contributed by atoms with Gasteiger partial charge in [-0.15, -0.1) is 0 Å². The van der Waals surface area contributed by atoms with E-state index in [2.05, 4.69) is 17.2 Å². The third kappa shape index (κ3) is 3.11. The van der Waals surface area contributed by atoms with E-state index in [-0.39, 0.29) is 0 Å². The highest BCUT2D eigenvalue weighted by Crippen LogP contribution is 2.28. The number of nitrogens with zero attached hydrogens (tertiary/aromatic N) is 1. The summed E-state index contributed by atoms with van der Waals surface area (Å²) in [6.45, 7) is 2.29. The number of halogens is 1. The Morgan fingerprint density at radius 1 is 1.31 bits per heavy atom. The van der Waals surface area contributed by atoms with E-state index in [1.165, 1.54) is 32.1 Å². The Morgan fingerprint density at radius 2 is 2.06 bits per heavy atom. The number of hydrogen-bond acceptors (Lipinski definition) is 2. The molecule has 1 aliphatic carbocycles. The third-order valence-corrected chi connectivity index (χ3v) is 3.70. The molecule has 16 heavy (non-hydrogen) atoms. The Labute approximate surface area is 102 Å². The van der Waals surface area contributed by atoms with Crippen LogP contribution in [0.2, 0.25) is 5.15 Å². The van der Waals surface area contributed by atoms with Crippen LogP contribution in [0, 0.1) is 5.92 Å². The number of pyridine rings is 1. The van der Waals surface area contributed by atoms with Crippen molar-refractivity contribution in [3.63, 3.8) is 0 Å². The Kier molecular flexibility index (Phi) is 4.05. The minimum absolute atomic E-state index is 0.562. The molecule has 1 saturated carbocycles. The van der Waals surface area contributed by atoms with Crippen LogP contribution in [0.5, 0.6) is 0 Å². The first-order valence-electron chi connectivity index (χ1n) is 6.17. The quantitative estimate of drug-likeness (QED) is 0.802. The Morgan fingerprint density at radius 3 is 2.69 bits per heavy atom. The number of hydrogen-bond donors (Lipinski definition) is 1. The van der Waals surface area contributed by atoms with Crippen molar-refractivity contribution in [1.82, 2.24) is 4.98 Å². The second-order valence-electron chi connectivity index (χ2n) is 4.62. The van der Waals surface area contributed by atoms with Crippen molar-refractivity contribution in [2.75, 3.05) is 5.32 Å². The van der Waals surface area contributed by atoms with E-state index in [0.717, 1.165) is 11.7 Å². The molecule has 0 saturated heterocycles. The summed E-state index contributed by atoms with van der Waals surface area (Å²) < 4.78 is 0. The van der Waals surface area contributed by atoms with Crippen molar-refractivity contribution in [3.05, 3.63) is 23.4 Å². The van der Waals surface area contributed by atoms with Crippen LogP contribution in [0.15, 0.2) is 18.2 Å². The van der Waals surface area contributed by atoms with Gasteiger partial charge >= 0.3 is 0 Å². The normalized spacial score (nSPS) is 25.4. The van der Waals surface area contributed by atoms with Crippen LogP contribution in [0.25, 0.3) is 0 Å². The number of anilines is 1. The summed E-state index contributed by atoms with van der Waals surface area (Å²) in [4.78, 5) is 4.26. The maximum atomic E-state index is 5.86. The topological polar surface area (TPSA) is 24.9 Å². The molecule has 0 aliphatic heterocycles. The molecular formula is C13H19ClN2. The molecule has 1 N–H and O–H groups in total. The maximum Gasteiger partial charge on any atom is 0.131 e. The van der Waals surface area contributed by atoms with Gasteiger partial charge < -0.3 is 5.32 Å². The average Bonchev–Trinajstić information content (AvgIpc) is 2.30. The molecule has 88 valence electrons. The van der Waals surface area contributed by atoms with E-state index in [9.17, 15) is 0 Å². The highest BCUT2D eigenvalue weighted by atomic mass is 35.5. The summed E-state index contributed by atoms with van der Waals surface area (Å²) in [5, 5.41) is 4.03. The van der Waals surface area contributed by atoms with Crippen molar-refractivity contribution in [3.8, 4) is 0 Å². The average molecular weight is 239 g/mol. The Bertz CT molecular complexity index is 332. The summed E-state index contributed by atoms with van der Waals surface area (Å²) in [6, 6.07) is 6.31. The van der Waals surface area contributed by atoms with Crippen molar-refractivity contribution in [1.29, 1.82) is 0 Å². The minimum atomic E-state index is 0.562. The fourth-order valence-corrected chi connectivity index (χ4v) is 2.58. The third-order valence-electron chi connectivity index (χ3n) is 3.49. The van der Waals surface area contributed by atoms with Crippen molar-refractivity contribution >= 4 is 17.4 Å². The van der Waals surface area contributed by atoms with Gasteiger partial charge in [0.2, 0.25) is 0 Å². The molecule has 0 aromatic carbocycles. The minimum Gasteiger partial charge on any atom is -0.367 e. The number of nitrogens with one attached hydrogen (secondary N) is 1. The maximum absolute atomic E-state index is 5.86. The number of rotatable bonds is 3. The molecular weight excluding hydrogens is 220 g/mol. The molecule has 0 radical (unpaired) electrons. The van der Waals surface area contributed by atoms with Gasteiger partial charge in [0, 0.05) is 6.04 Å². The van der Waals surface area contributed by atoms with Crippen LogP contribution in [0.1, 0.15) is 39.0 Å². The molecule has 0 bridgehead atoms. The van der Waals surface area contributed by atoms with Gasteiger partial charge in [-0.05, 0) is 43.7 Å². The monoisotopic (exact) mass is 238 g/mol. The zero-order valence-corrected chi connectivity index (χ0v) is 10.5. The zero-order chi connectivity index (χ0) is 11.4. The first-order chi connectivity index (χ1) is 7.78. The molecule has 0 spiro atoms. The van der Waals surface area contributed by atoms with Crippen LogP contribution in [-0.2, 0) is 0 Å². The summed E-state index contributed by atoms with van der Waals surface area (Å²) in [5.74, 6) is 1.85. The molecule has 2 rings (SSSR count). The van der Waals surface area contributed by atoms with Crippen LogP contribution in [-0.4, -0.2) is 11.0 Å². The first-order valence-corrected chi connectivity index (χ1v) is 6.55. The van der Waals surface area contributed by atoms with Gasteiger partial charge in [-0.3, -0.25) is 0 Å². The summed E-state index contributed by atoms with van der Waals surface area (Å²) in [6.07, 6.45) is 6.52. The second-order valence-corrected chi connectivity index (χ2v) is 5.00. The Balaban J connectivity index is 1.87. The van der Waals surface area contributed by atoms with Crippen LogP contribution >= 0.6 is 11.6 Å². The lowest BCUT2D eigenvalue weighted by molar-refractivity contribution is 0.330. The lowest BCUT2D eigenvalue weighted by Gasteiger charge is -2.28. The highest BCUT2D eigenvalue weighted by molar-refractivity contribution is 6.29. The van der Waals surface area contributed by atoms with E-state index < -0.39 is 0 Å². The van der Waals surface area contributed by atoms with Gasteiger partial charge in [0.1, 0.15) is 11.0 Å². The molecule has 2 nitrogen and oxygen atoms in total. The van der Waals surface area contributed by atoms with E-state index >= 15 is 0 Å². The van der Waals surface area contributed by atoms with Gasteiger partial charge in [0.15, 0.2) is 0 Å². The molecule has 1 heterocycles. The molecule has 0 atom stereocenters. The van der Waals surface area contributed by atoms with Crippen molar-refractivity contribution in [2.45, 2.75) is 45.1 Å². The molecule has 1 fully saturated rings. The molecule has 3 heteroatoms. The highest BCUT2D eigenvalue weighted by Gasteiger charge is 2.19. The number of aromatic nitrogens is 1. The molecule has 0 amide bonds. The van der Waals surface area contributed by atoms with Gasteiger partial charge in [0.05, 0.1) is 0 Å². The van der Waals surface area contributed by atoms with Crippen LogP contribution in [0.4, 0.5) is 5.82 Å². The van der Waals surface area contributed by atoms with Gasteiger partial charge in [-0.25, -0.2) is 4.98 Å². The first kappa shape index (κ1) is 11.7. The molecule has 1 aliphatic rings. The van der Waals surface area contributed by atoms with Gasteiger partial charge in [-0.2, -0.15) is 0 Å². The van der Waals surface area contributed by atoms with Crippen LogP contribution in [0.3, 0.4) is 0 Å². The summed E-state index contributed by atoms with van der Waals surface area (Å²) >= 11 is 5.86. The lowest BCUT2D eigenvalue weighted by Crippen LogP contribution is -2.26. The predicted molar refractivity (Wildman–Crippen MR) is 68.9 cm³/mol. The van der Waals surface area contributed by atoms with E-state index in [0.29, 0.717) is 11.2 Å². The second kappa shape index (κ2) is 5.53. The smallest absolute Gasteiger partial charge is 0.131 e. The SMILES string of the molecule is CCC1CCC(Nc2cccc(Cl)n2)CC1. The fourth-order valence-electron chi connectivity index (χ4n) is 2.41.